The van der Waals surface area contributed by atoms with Crippen LogP contribution in [-0.2, 0) is 4.74 Å². The van der Waals surface area contributed by atoms with Gasteiger partial charge in [-0.25, -0.2) is 0 Å². The first-order valence-electron chi connectivity index (χ1n) is 4.93. The zero-order valence-corrected chi connectivity index (χ0v) is 8.89. The van der Waals surface area contributed by atoms with E-state index in [1.54, 1.807) is 7.11 Å². The van der Waals surface area contributed by atoms with E-state index in [9.17, 15) is 0 Å². The summed E-state index contributed by atoms with van der Waals surface area (Å²) < 4.78 is 5.08. The third kappa shape index (κ3) is 6.62. The molecule has 0 saturated carbocycles. The van der Waals surface area contributed by atoms with Crippen molar-refractivity contribution in [2.24, 2.45) is 5.92 Å². The molecular weight excluding hydrogens is 150 g/mol. The SMILES string of the molecule is CCNC(C)CCC(C)COC. The van der Waals surface area contributed by atoms with Crippen molar-refractivity contribution in [3.8, 4) is 0 Å². The number of rotatable bonds is 7. The normalized spacial score (nSPS) is 16.0. The molecule has 2 heteroatoms. The van der Waals surface area contributed by atoms with Crippen molar-refractivity contribution in [1.82, 2.24) is 5.32 Å². The number of nitrogens with one attached hydrogen (secondary N) is 1. The fraction of sp³-hybridized carbons (Fsp3) is 1.00. The van der Waals surface area contributed by atoms with E-state index in [2.05, 4.69) is 26.1 Å². The van der Waals surface area contributed by atoms with Gasteiger partial charge in [-0.1, -0.05) is 13.8 Å². The lowest BCUT2D eigenvalue weighted by molar-refractivity contribution is 0.153. The fourth-order valence-corrected chi connectivity index (χ4v) is 1.35. The van der Waals surface area contributed by atoms with Crippen molar-refractivity contribution >= 4 is 0 Å². The Kier molecular flexibility index (Phi) is 7.51. The molecule has 1 N–H and O–H groups in total. The van der Waals surface area contributed by atoms with Gasteiger partial charge in [0.15, 0.2) is 0 Å². The van der Waals surface area contributed by atoms with E-state index in [0.717, 1.165) is 13.2 Å². The Labute approximate surface area is 76.7 Å². The van der Waals surface area contributed by atoms with Gasteiger partial charge in [-0.05, 0) is 32.2 Å². The van der Waals surface area contributed by atoms with Gasteiger partial charge in [0, 0.05) is 19.8 Å². The summed E-state index contributed by atoms with van der Waals surface area (Å²) >= 11 is 0. The first-order valence-corrected chi connectivity index (χ1v) is 4.93. The molecule has 12 heavy (non-hydrogen) atoms. The van der Waals surface area contributed by atoms with E-state index >= 15 is 0 Å². The Morgan fingerprint density at radius 1 is 1.25 bits per heavy atom. The highest BCUT2D eigenvalue weighted by molar-refractivity contribution is 4.61. The Balaban J connectivity index is 3.27. The minimum atomic E-state index is 0.648. The largest absolute Gasteiger partial charge is 0.384 e. The third-order valence-electron chi connectivity index (χ3n) is 2.10. The standard InChI is InChI=1S/C10H23NO/c1-5-11-10(3)7-6-9(2)8-12-4/h9-11H,5-8H2,1-4H3. The summed E-state index contributed by atoms with van der Waals surface area (Å²) in [5.74, 6) is 0.691. The predicted octanol–water partition coefficient (Wildman–Crippen LogP) is 2.05. The maximum absolute atomic E-state index is 5.08. The van der Waals surface area contributed by atoms with E-state index in [1.807, 2.05) is 0 Å². The number of ether oxygens (including phenoxy) is 1. The zero-order valence-electron chi connectivity index (χ0n) is 8.89. The molecule has 0 rings (SSSR count). The molecule has 0 aromatic rings. The Morgan fingerprint density at radius 2 is 1.92 bits per heavy atom. The van der Waals surface area contributed by atoms with E-state index in [1.165, 1.54) is 12.8 Å². The van der Waals surface area contributed by atoms with Crippen LogP contribution >= 0.6 is 0 Å². The molecule has 0 aromatic heterocycles. The molecule has 2 atom stereocenters. The molecule has 2 unspecified atom stereocenters. The lowest BCUT2D eigenvalue weighted by Crippen LogP contribution is -2.26. The van der Waals surface area contributed by atoms with Crippen LogP contribution in [0, 0.1) is 5.92 Å². The van der Waals surface area contributed by atoms with Crippen LogP contribution in [0.1, 0.15) is 33.6 Å². The molecule has 0 saturated heterocycles. The van der Waals surface area contributed by atoms with E-state index in [0.29, 0.717) is 12.0 Å². The molecule has 0 amide bonds. The Hall–Kier alpha value is -0.0800. The van der Waals surface area contributed by atoms with Crippen molar-refractivity contribution in [1.29, 1.82) is 0 Å². The van der Waals surface area contributed by atoms with Gasteiger partial charge >= 0.3 is 0 Å². The van der Waals surface area contributed by atoms with Crippen molar-refractivity contribution in [2.45, 2.75) is 39.7 Å². The number of methoxy groups -OCH3 is 1. The maximum Gasteiger partial charge on any atom is 0.0487 e. The van der Waals surface area contributed by atoms with Crippen LogP contribution in [-0.4, -0.2) is 26.3 Å². The first-order chi connectivity index (χ1) is 5.70. The average Bonchev–Trinajstić information content (AvgIpc) is 2.02. The van der Waals surface area contributed by atoms with Gasteiger partial charge in [-0.15, -0.1) is 0 Å². The zero-order chi connectivity index (χ0) is 9.40. The second kappa shape index (κ2) is 7.56. The molecule has 0 bridgehead atoms. The molecule has 0 aliphatic carbocycles. The molecule has 2 nitrogen and oxygen atoms in total. The smallest absolute Gasteiger partial charge is 0.0487 e. The molecule has 74 valence electrons. The van der Waals surface area contributed by atoms with Crippen LogP contribution in [0.5, 0.6) is 0 Å². The molecule has 0 radical (unpaired) electrons. The highest BCUT2D eigenvalue weighted by Gasteiger charge is 2.04. The van der Waals surface area contributed by atoms with Gasteiger partial charge < -0.3 is 10.1 Å². The number of hydrogen-bond acceptors (Lipinski definition) is 2. The van der Waals surface area contributed by atoms with E-state index < -0.39 is 0 Å². The molecule has 0 fully saturated rings. The van der Waals surface area contributed by atoms with Crippen molar-refractivity contribution < 1.29 is 4.74 Å². The molecular formula is C10H23NO. The summed E-state index contributed by atoms with van der Waals surface area (Å²) in [6.45, 7) is 8.58. The monoisotopic (exact) mass is 173 g/mol. The Bertz CT molecular complexity index is 83.8. The predicted molar refractivity (Wildman–Crippen MR) is 53.4 cm³/mol. The van der Waals surface area contributed by atoms with Gasteiger partial charge in [0.25, 0.3) is 0 Å². The van der Waals surface area contributed by atoms with Crippen LogP contribution in [0.2, 0.25) is 0 Å². The quantitative estimate of drug-likeness (QED) is 0.636. The van der Waals surface area contributed by atoms with Gasteiger partial charge in [0.05, 0.1) is 0 Å². The molecule has 0 spiro atoms. The molecule has 0 aliphatic rings. The second-order valence-electron chi connectivity index (χ2n) is 3.60. The topological polar surface area (TPSA) is 21.3 Å². The average molecular weight is 173 g/mol. The Morgan fingerprint density at radius 3 is 2.42 bits per heavy atom. The summed E-state index contributed by atoms with van der Waals surface area (Å²) in [7, 11) is 1.77. The summed E-state index contributed by atoms with van der Waals surface area (Å²) in [4.78, 5) is 0. The highest BCUT2D eigenvalue weighted by atomic mass is 16.5. The van der Waals surface area contributed by atoms with Crippen LogP contribution in [0.4, 0.5) is 0 Å². The molecule has 0 aromatic carbocycles. The van der Waals surface area contributed by atoms with Gasteiger partial charge in [-0.2, -0.15) is 0 Å². The van der Waals surface area contributed by atoms with Crippen molar-refractivity contribution in [3.05, 3.63) is 0 Å². The van der Waals surface area contributed by atoms with E-state index in [-0.39, 0.29) is 0 Å². The third-order valence-corrected chi connectivity index (χ3v) is 2.10. The minimum Gasteiger partial charge on any atom is -0.384 e. The van der Waals surface area contributed by atoms with Gasteiger partial charge in [0.1, 0.15) is 0 Å². The minimum absolute atomic E-state index is 0.648. The summed E-state index contributed by atoms with van der Waals surface area (Å²) in [5, 5.41) is 3.40. The fourth-order valence-electron chi connectivity index (χ4n) is 1.35. The maximum atomic E-state index is 5.08. The van der Waals surface area contributed by atoms with Gasteiger partial charge in [0.2, 0.25) is 0 Å². The molecule has 0 aliphatic heterocycles. The second-order valence-corrected chi connectivity index (χ2v) is 3.60. The van der Waals surface area contributed by atoms with Gasteiger partial charge in [-0.3, -0.25) is 0 Å². The highest BCUT2D eigenvalue weighted by Crippen LogP contribution is 2.07. The lowest BCUT2D eigenvalue weighted by Gasteiger charge is -2.15. The van der Waals surface area contributed by atoms with Crippen molar-refractivity contribution in [2.75, 3.05) is 20.3 Å². The summed E-state index contributed by atoms with van der Waals surface area (Å²) in [6, 6.07) is 0.648. The van der Waals surface area contributed by atoms with Crippen molar-refractivity contribution in [3.63, 3.8) is 0 Å². The van der Waals surface area contributed by atoms with Crippen LogP contribution < -0.4 is 5.32 Å². The van der Waals surface area contributed by atoms with Crippen LogP contribution in [0.3, 0.4) is 0 Å². The molecule has 0 heterocycles. The number of hydrogen-bond donors (Lipinski definition) is 1. The first kappa shape index (κ1) is 11.9. The van der Waals surface area contributed by atoms with E-state index in [4.69, 9.17) is 4.74 Å². The van der Waals surface area contributed by atoms with Crippen LogP contribution in [0.25, 0.3) is 0 Å². The van der Waals surface area contributed by atoms with Crippen LogP contribution in [0.15, 0.2) is 0 Å². The summed E-state index contributed by atoms with van der Waals surface area (Å²) in [5.41, 5.74) is 0. The lowest BCUT2D eigenvalue weighted by atomic mass is 10.0. The summed E-state index contributed by atoms with van der Waals surface area (Å²) in [6.07, 6.45) is 2.50.